The summed E-state index contributed by atoms with van der Waals surface area (Å²) in [6.45, 7) is 0.661. The molecule has 0 unspecified atom stereocenters. The van der Waals surface area contributed by atoms with Gasteiger partial charge in [-0.05, 0) is 49.8 Å². The van der Waals surface area contributed by atoms with Gasteiger partial charge in [0.1, 0.15) is 10.7 Å². The first-order valence-electron chi connectivity index (χ1n) is 9.41. The molecule has 0 bridgehead atoms. The molecular formula is C20H26N2O4S. The van der Waals surface area contributed by atoms with E-state index >= 15 is 0 Å². The van der Waals surface area contributed by atoms with E-state index in [0.717, 1.165) is 0 Å². The van der Waals surface area contributed by atoms with E-state index in [1.807, 2.05) is 6.07 Å². The second kappa shape index (κ2) is 8.71. The van der Waals surface area contributed by atoms with E-state index in [1.165, 1.54) is 38.2 Å². The smallest absolute Gasteiger partial charge is 0.255 e. The summed E-state index contributed by atoms with van der Waals surface area (Å²) in [6, 6.07) is 6.94. The van der Waals surface area contributed by atoms with E-state index in [2.05, 4.69) is 5.32 Å². The summed E-state index contributed by atoms with van der Waals surface area (Å²) >= 11 is 0. The van der Waals surface area contributed by atoms with Crippen LogP contribution in [0, 0.1) is 5.92 Å². The van der Waals surface area contributed by atoms with Gasteiger partial charge < -0.3 is 10.1 Å². The average Bonchev–Trinajstić information content (AvgIpc) is 2.67. The minimum absolute atomic E-state index is 0.0354. The van der Waals surface area contributed by atoms with Crippen molar-refractivity contribution >= 4 is 15.9 Å². The fourth-order valence-electron chi connectivity index (χ4n) is 3.52. The second-order valence-electron chi connectivity index (χ2n) is 7.11. The maximum atomic E-state index is 12.6. The Morgan fingerprint density at radius 1 is 1.15 bits per heavy atom. The summed E-state index contributed by atoms with van der Waals surface area (Å²) in [5.74, 6) is 0.833. The van der Waals surface area contributed by atoms with Crippen LogP contribution in [0.25, 0.3) is 0 Å². The van der Waals surface area contributed by atoms with Crippen LogP contribution in [0.5, 0.6) is 5.75 Å². The van der Waals surface area contributed by atoms with E-state index in [4.69, 9.17) is 9.88 Å². The molecule has 1 amide bonds. The van der Waals surface area contributed by atoms with Gasteiger partial charge >= 0.3 is 0 Å². The number of carbonyl (C=O) groups excluding carboxylic acids is 1. The van der Waals surface area contributed by atoms with Crippen molar-refractivity contribution < 1.29 is 17.9 Å². The lowest BCUT2D eigenvalue weighted by Gasteiger charge is -2.21. The monoisotopic (exact) mass is 390 g/mol. The highest BCUT2D eigenvalue weighted by Crippen LogP contribution is 2.25. The SMILES string of the molecule is NS(=O)(=O)C1=CCCC=C1NC(=O)c1cccc(OCC2CCCCC2)c1. The first-order chi connectivity index (χ1) is 12.9. The van der Waals surface area contributed by atoms with Crippen LogP contribution >= 0.6 is 0 Å². The van der Waals surface area contributed by atoms with Crippen LogP contribution in [0.4, 0.5) is 0 Å². The topological polar surface area (TPSA) is 98.5 Å². The van der Waals surface area contributed by atoms with Crippen molar-refractivity contribution in [2.45, 2.75) is 44.9 Å². The van der Waals surface area contributed by atoms with Crippen molar-refractivity contribution in [1.29, 1.82) is 0 Å². The van der Waals surface area contributed by atoms with Gasteiger partial charge in [0.25, 0.3) is 5.91 Å². The summed E-state index contributed by atoms with van der Waals surface area (Å²) in [5.41, 5.74) is 0.652. The number of ether oxygens (including phenoxy) is 1. The van der Waals surface area contributed by atoms with E-state index in [-0.39, 0.29) is 16.5 Å². The molecule has 0 spiro atoms. The highest BCUT2D eigenvalue weighted by atomic mass is 32.2. The molecule has 1 fully saturated rings. The largest absolute Gasteiger partial charge is 0.493 e. The average molecular weight is 391 g/mol. The Morgan fingerprint density at radius 2 is 1.89 bits per heavy atom. The van der Waals surface area contributed by atoms with E-state index < -0.39 is 10.0 Å². The highest BCUT2D eigenvalue weighted by Gasteiger charge is 2.21. The summed E-state index contributed by atoms with van der Waals surface area (Å²) in [5, 5.41) is 7.90. The number of amides is 1. The first kappa shape index (κ1) is 19.6. The van der Waals surface area contributed by atoms with Gasteiger partial charge in [-0.15, -0.1) is 0 Å². The van der Waals surface area contributed by atoms with Crippen LogP contribution < -0.4 is 15.2 Å². The fraction of sp³-hybridized carbons (Fsp3) is 0.450. The third kappa shape index (κ3) is 5.43. The molecule has 2 aliphatic carbocycles. The lowest BCUT2D eigenvalue weighted by atomic mass is 9.90. The number of carbonyl (C=O) groups is 1. The Hall–Kier alpha value is -2.12. The summed E-state index contributed by atoms with van der Waals surface area (Å²) in [7, 11) is -3.88. The zero-order chi connectivity index (χ0) is 19.3. The number of benzene rings is 1. The summed E-state index contributed by atoms with van der Waals surface area (Å²) < 4.78 is 29.3. The Morgan fingerprint density at radius 3 is 2.63 bits per heavy atom. The predicted molar refractivity (Wildman–Crippen MR) is 104 cm³/mol. The molecule has 1 saturated carbocycles. The third-order valence-corrected chi connectivity index (χ3v) is 5.97. The lowest BCUT2D eigenvalue weighted by molar-refractivity contribution is 0.0966. The predicted octanol–water partition coefficient (Wildman–Crippen LogP) is 3.23. The molecule has 0 saturated heterocycles. The van der Waals surface area contributed by atoms with Crippen LogP contribution in [0.15, 0.2) is 47.0 Å². The molecule has 0 aromatic heterocycles. The molecule has 0 heterocycles. The molecule has 0 radical (unpaired) electrons. The molecule has 0 atom stereocenters. The summed E-state index contributed by atoms with van der Waals surface area (Å²) in [4.78, 5) is 12.5. The van der Waals surface area contributed by atoms with Gasteiger partial charge in [-0.2, -0.15) is 0 Å². The highest BCUT2D eigenvalue weighted by molar-refractivity contribution is 7.93. The molecule has 1 aromatic carbocycles. The van der Waals surface area contributed by atoms with Gasteiger partial charge in [0, 0.05) is 5.56 Å². The number of allylic oxidation sites excluding steroid dienone is 2. The van der Waals surface area contributed by atoms with Gasteiger partial charge in [0.2, 0.25) is 10.0 Å². The number of nitrogens with one attached hydrogen (secondary N) is 1. The van der Waals surface area contributed by atoms with Gasteiger partial charge in [0.05, 0.1) is 12.3 Å². The number of hydrogen-bond donors (Lipinski definition) is 2. The van der Waals surface area contributed by atoms with Crippen molar-refractivity contribution in [2.75, 3.05) is 6.61 Å². The van der Waals surface area contributed by atoms with Gasteiger partial charge in [-0.1, -0.05) is 37.5 Å². The molecule has 2 aliphatic rings. The second-order valence-corrected chi connectivity index (χ2v) is 8.64. The van der Waals surface area contributed by atoms with Crippen molar-refractivity contribution in [3.8, 4) is 5.75 Å². The zero-order valence-corrected chi connectivity index (χ0v) is 16.1. The van der Waals surface area contributed by atoms with Crippen molar-refractivity contribution in [3.63, 3.8) is 0 Å². The Balaban J connectivity index is 1.64. The molecular weight excluding hydrogens is 364 g/mol. The van der Waals surface area contributed by atoms with Crippen LogP contribution in [-0.2, 0) is 10.0 Å². The van der Waals surface area contributed by atoms with Crippen molar-refractivity contribution in [3.05, 3.63) is 52.6 Å². The van der Waals surface area contributed by atoms with Crippen molar-refractivity contribution in [2.24, 2.45) is 11.1 Å². The quantitative estimate of drug-likeness (QED) is 0.779. The molecule has 1 aromatic rings. The zero-order valence-electron chi connectivity index (χ0n) is 15.3. The third-order valence-electron chi connectivity index (χ3n) is 4.97. The number of hydrogen-bond acceptors (Lipinski definition) is 4. The first-order valence-corrected chi connectivity index (χ1v) is 11.0. The lowest BCUT2D eigenvalue weighted by Crippen LogP contribution is -2.29. The Kier molecular flexibility index (Phi) is 6.34. The number of rotatable bonds is 6. The molecule has 7 heteroatoms. The van der Waals surface area contributed by atoms with Gasteiger partial charge in [-0.25, -0.2) is 13.6 Å². The number of nitrogens with two attached hydrogens (primary N) is 1. The van der Waals surface area contributed by atoms with Crippen LogP contribution in [0.3, 0.4) is 0 Å². The molecule has 3 N–H and O–H groups in total. The van der Waals surface area contributed by atoms with Gasteiger partial charge in [0.15, 0.2) is 0 Å². The van der Waals surface area contributed by atoms with E-state index in [9.17, 15) is 13.2 Å². The van der Waals surface area contributed by atoms with E-state index in [1.54, 1.807) is 24.3 Å². The Labute approximate surface area is 160 Å². The molecule has 6 nitrogen and oxygen atoms in total. The summed E-state index contributed by atoms with van der Waals surface area (Å²) in [6.07, 6.45) is 10.6. The van der Waals surface area contributed by atoms with Crippen LogP contribution in [0.2, 0.25) is 0 Å². The van der Waals surface area contributed by atoms with Gasteiger partial charge in [-0.3, -0.25) is 4.79 Å². The van der Waals surface area contributed by atoms with Crippen LogP contribution in [0.1, 0.15) is 55.3 Å². The standard InChI is InChI=1S/C20H26N2O4S/c21-27(24,25)19-12-5-4-11-18(19)22-20(23)16-9-6-10-17(13-16)26-14-15-7-2-1-3-8-15/h6,9-13,15H,1-5,7-8,14H2,(H,22,23)(H2,21,24,25). The fourth-order valence-corrected chi connectivity index (χ4v) is 4.32. The molecule has 3 rings (SSSR count). The molecule has 0 aliphatic heterocycles. The molecule has 27 heavy (non-hydrogen) atoms. The normalized spacial score (nSPS) is 18.4. The maximum absolute atomic E-state index is 12.6. The Bertz CT molecular complexity index is 852. The minimum atomic E-state index is -3.88. The molecule has 146 valence electrons. The number of sulfonamides is 1. The maximum Gasteiger partial charge on any atom is 0.255 e. The minimum Gasteiger partial charge on any atom is -0.493 e. The van der Waals surface area contributed by atoms with Crippen LogP contribution in [-0.4, -0.2) is 20.9 Å². The number of primary sulfonamides is 1. The van der Waals surface area contributed by atoms with Crippen molar-refractivity contribution in [1.82, 2.24) is 5.32 Å². The van der Waals surface area contributed by atoms with E-state index in [0.29, 0.717) is 36.7 Å².